The van der Waals surface area contributed by atoms with Crippen LogP contribution >= 0.6 is 22.6 Å². The molecule has 0 unspecified atom stereocenters. The quantitative estimate of drug-likeness (QED) is 0.463. The van der Waals surface area contributed by atoms with Gasteiger partial charge in [0.25, 0.3) is 8.32 Å². The molecule has 0 saturated carbocycles. The highest BCUT2D eigenvalue weighted by molar-refractivity contribution is 14.1. The van der Waals surface area contributed by atoms with Crippen molar-refractivity contribution < 1.29 is 4.43 Å². The Morgan fingerprint density at radius 1 is 0.944 bits per heavy atom. The summed E-state index contributed by atoms with van der Waals surface area (Å²) in [4.78, 5) is 0. The molecule has 0 heterocycles. The van der Waals surface area contributed by atoms with Crippen molar-refractivity contribution in [1.82, 2.24) is 0 Å². The van der Waals surface area contributed by atoms with Crippen molar-refractivity contribution >= 4 is 30.9 Å². The van der Waals surface area contributed by atoms with Crippen LogP contribution in [0.3, 0.4) is 0 Å². The van der Waals surface area contributed by atoms with Gasteiger partial charge >= 0.3 is 0 Å². The first-order chi connectivity index (χ1) is 8.30. The van der Waals surface area contributed by atoms with Crippen LogP contribution in [0.15, 0.2) is 24.3 Å². The summed E-state index contributed by atoms with van der Waals surface area (Å²) in [5.41, 5.74) is 1.86. The van der Waals surface area contributed by atoms with Crippen molar-refractivity contribution in [3.8, 4) is 5.75 Å². The minimum Gasteiger partial charge on any atom is -0.543 e. The summed E-state index contributed by atoms with van der Waals surface area (Å²) in [6.45, 7) is 13.9. The van der Waals surface area contributed by atoms with E-state index in [-0.39, 0.29) is 0 Å². The lowest BCUT2D eigenvalue weighted by atomic mass is 10.3. The molecule has 0 atom stereocenters. The second-order valence-corrected chi connectivity index (χ2v) is 12.5. The fourth-order valence-corrected chi connectivity index (χ4v) is 8.85. The first kappa shape index (κ1) is 16.0. The van der Waals surface area contributed by atoms with Crippen LogP contribution in [-0.2, 0) is 0 Å². The zero-order valence-corrected chi connectivity index (χ0v) is 15.5. The molecule has 0 radical (unpaired) electrons. The average molecular weight is 376 g/mol. The lowest BCUT2D eigenvalue weighted by Crippen LogP contribution is -2.50. The van der Waals surface area contributed by atoms with E-state index in [2.05, 4.69) is 88.4 Å². The van der Waals surface area contributed by atoms with Gasteiger partial charge in [0, 0.05) is 3.57 Å². The molecule has 0 amide bonds. The van der Waals surface area contributed by atoms with Crippen molar-refractivity contribution in [2.45, 2.75) is 58.2 Å². The molecule has 1 nitrogen and oxygen atoms in total. The smallest absolute Gasteiger partial charge is 0.258 e. The van der Waals surface area contributed by atoms with E-state index in [1.165, 1.54) is 3.57 Å². The van der Waals surface area contributed by atoms with Crippen LogP contribution in [0.1, 0.15) is 41.5 Å². The zero-order valence-electron chi connectivity index (χ0n) is 12.3. The topological polar surface area (TPSA) is 9.23 Å². The summed E-state index contributed by atoms with van der Waals surface area (Å²) >= 11 is 2.34. The molecule has 1 aromatic carbocycles. The van der Waals surface area contributed by atoms with Crippen molar-refractivity contribution in [2.75, 3.05) is 0 Å². The lowest BCUT2D eigenvalue weighted by molar-refractivity contribution is 0.479. The molecule has 0 spiro atoms. The minimum atomic E-state index is -1.79. The molecular weight excluding hydrogens is 351 g/mol. The predicted octanol–water partition coefficient (Wildman–Crippen LogP) is 5.85. The molecule has 0 aliphatic rings. The van der Waals surface area contributed by atoms with Crippen LogP contribution in [0.2, 0.25) is 16.6 Å². The Hall–Kier alpha value is -0.0331. The second-order valence-electron chi connectivity index (χ2n) is 5.88. The van der Waals surface area contributed by atoms with Crippen LogP contribution in [-0.4, -0.2) is 8.32 Å². The van der Waals surface area contributed by atoms with E-state index >= 15 is 0 Å². The fourth-order valence-electron chi connectivity index (χ4n) is 3.09. The van der Waals surface area contributed by atoms with Crippen LogP contribution in [0.4, 0.5) is 0 Å². The first-order valence-corrected chi connectivity index (χ1v) is 9.97. The van der Waals surface area contributed by atoms with Crippen molar-refractivity contribution in [2.24, 2.45) is 0 Å². The highest BCUT2D eigenvalue weighted by atomic mass is 127. The van der Waals surface area contributed by atoms with E-state index < -0.39 is 8.32 Å². The molecule has 0 fully saturated rings. The Balaban J connectivity index is 3.12. The van der Waals surface area contributed by atoms with Crippen LogP contribution in [0.5, 0.6) is 5.75 Å². The number of benzene rings is 1. The number of hydrogen-bond donors (Lipinski definition) is 0. The molecule has 0 aliphatic carbocycles. The van der Waals surface area contributed by atoms with Gasteiger partial charge in [-0.05, 0) is 57.4 Å². The lowest BCUT2D eigenvalue weighted by Gasteiger charge is -2.42. The maximum absolute atomic E-state index is 6.60. The molecule has 18 heavy (non-hydrogen) atoms. The minimum absolute atomic E-state index is 0.621. The van der Waals surface area contributed by atoms with E-state index in [1.54, 1.807) is 0 Å². The van der Waals surface area contributed by atoms with Gasteiger partial charge in [-0.3, -0.25) is 0 Å². The fraction of sp³-hybridized carbons (Fsp3) is 0.600. The van der Waals surface area contributed by atoms with E-state index in [1.807, 2.05) is 0 Å². The van der Waals surface area contributed by atoms with E-state index in [0.29, 0.717) is 16.6 Å². The Bertz CT molecular complexity index is 366. The molecule has 0 bridgehead atoms. The largest absolute Gasteiger partial charge is 0.543 e. The molecule has 1 rings (SSSR count). The van der Waals surface area contributed by atoms with E-state index in [0.717, 1.165) is 5.75 Å². The predicted molar refractivity (Wildman–Crippen MR) is 90.8 cm³/mol. The number of hydrogen-bond acceptors (Lipinski definition) is 1. The third-order valence-electron chi connectivity index (χ3n) is 3.80. The average Bonchev–Trinajstić information content (AvgIpc) is 2.24. The molecule has 0 N–H and O–H groups in total. The highest BCUT2D eigenvalue weighted by Crippen LogP contribution is 2.42. The molecule has 0 aliphatic heterocycles. The number of rotatable bonds is 5. The first-order valence-electron chi connectivity index (χ1n) is 6.75. The normalized spacial score (nSPS) is 12.6. The molecule has 102 valence electrons. The summed E-state index contributed by atoms with van der Waals surface area (Å²) in [6, 6.07) is 8.43. The molecule has 1 aromatic rings. The Morgan fingerprint density at radius 2 is 1.44 bits per heavy atom. The zero-order chi connectivity index (χ0) is 13.9. The van der Waals surface area contributed by atoms with Gasteiger partial charge < -0.3 is 4.43 Å². The van der Waals surface area contributed by atoms with Gasteiger partial charge in [0.05, 0.1) is 0 Å². The molecule has 3 heteroatoms. The van der Waals surface area contributed by atoms with E-state index in [4.69, 9.17) is 4.43 Å². The van der Waals surface area contributed by atoms with Crippen molar-refractivity contribution in [3.05, 3.63) is 27.8 Å². The standard InChI is InChI=1S/C15H25IOSi/c1-11(2)18(12(3)4,13(5)6)17-15-9-7-8-14(16)10-15/h7-13H,1-6H3. The maximum Gasteiger partial charge on any atom is 0.258 e. The maximum atomic E-state index is 6.60. The third kappa shape index (κ3) is 3.29. The van der Waals surface area contributed by atoms with Gasteiger partial charge in [-0.25, -0.2) is 0 Å². The van der Waals surface area contributed by atoms with Gasteiger partial charge in [-0.15, -0.1) is 0 Å². The Kier molecular flexibility index (Phi) is 5.71. The Morgan fingerprint density at radius 3 is 1.83 bits per heavy atom. The van der Waals surface area contributed by atoms with Crippen LogP contribution < -0.4 is 4.43 Å². The molecule has 0 aromatic heterocycles. The summed E-state index contributed by atoms with van der Waals surface area (Å²) in [5, 5.41) is 0. The Labute approximate surface area is 127 Å². The third-order valence-corrected chi connectivity index (χ3v) is 10.5. The van der Waals surface area contributed by atoms with Crippen LogP contribution in [0, 0.1) is 3.57 Å². The second kappa shape index (κ2) is 6.42. The van der Waals surface area contributed by atoms with Gasteiger partial charge in [0.2, 0.25) is 0 Å². The van der Waals surface area contributed by atoms with Gasteiger partial charge in [0.15, 0.2) is 0 Å². The van der Waals surface area contributed by atoms with E-state index in [9.17, 15) is 0 Å². The van der Waals surface area contributed by atoms with Gasteiger partial charge in [-0.1, -0.05) is 47.6 Å². The summed E-state index contributed by atoms with van der Waals surface area (Å²) in [7, 11) is -1.79. The summed E-state index contributed by atoms with van der Waals surface area (Å²) in [6.07, 6.45) is 0. The highest BCUT2D eigenvalue weighted by Gasteiger charge is 2.46. The summed E-state index contributed by atoms with van der Waals surface area (Å²) in [5.74, 6) is 1.05. The molecule has 0 saturated heterocycles. The van der Waals surface area contributed by atoms with Crippen LogP contribution in [0.25, 0.3) is 0 Å². The van der Waals surface area contributed by atoms with Gasteiger partial charge in [-0.2, -0.15) is 0 Å². The van der Waals surface area contributed by atoms with Crippen molar-refractivity contribution in [3.63, 3.8) is 0 Å². The SMILES string of the molecule is CC(C)[Si](Oc1cccc(I)c1)(C(C)C)C(C)C. The summed E-state index contributed by atoms with van der Waals surface area (Å²) < 4.78 is 7.84. The molecular formula is C15H25IOSi. The van der Waals surface area contributed by atoms with Crippen molar-refractivity contribution in [1.29, 1.82) is 0 Å². The monoisotopic (exact) mass is 376 g/mol. The number of halogens is 1. The van der Waals surface area contributed by atoms with Gasteiger partial charge in [0.1, 0.15) is 5.75 Å².